The van der Waals surface area contributed by atoms with Gasteiger partial charge in [0, 0.05) is 5.02 Å². The number of imide groups is 1. The number of carbonyl (C=O) groups excluding carboxylic acids is 2. The molecule has 1 saturated carbocycles. The fraction of sp³-hybridized carbons (Fsp3) is 0.346. The summed E-state index contributed by atoms with van der Waals surface area (Å²) < 4.78 is 12.5. The normalized spacial score (nSPS) is 25.3. The minimum Gasteiger partial charge on any atom is -0.490 e. The smallest absolute Gasteiger partial charge is 0.254 e. The summed E-state index contributed by atoms with van der Waals surface area (Å²) in [7, 11) is 0. The van der Waals surface area contributed by atoms with Gasteiger partial charge in [0.15, 0.2) is 11.5 Å². The van der Waals surface area contributed by atoms with Crippen LogP contribution >= 0.6 is 27.5 Å². The number of amides is 2. The van der Waals surface area contributed by atoms with Crippen LogP contribution < -0.4 is 9.47 Å². The molecule has 1 heterocycles. The van der Waals surface area contributed by atoms with E-state index in [2.05, 4.69) is 33.2 Å². The van der Waals surface area contributed by atoms with Gasteiger partial charge in [-0.1, -0.05) is 35.9 Å². The van der Waals surface area contributed by atoms with Crippen LogP contribution in [0.25, 0.3) is 0 Å². The second-order valence-electron chi connectivity index (χ2n) is 8.75. The molecule has 4 aliphatic rings. The van der Waals surface area contributed by atoms with E-state index in [1.807, 2.05) is 37.3 Å². The van der Waals surface area contributed by atoms with Crippen molar-refractivity contribution in [2.75, 3.05) is 6.61 Å². The first-order valence-electron chi connectivity index (χ1n) is 11.4. The molecular formula is C26H24BrClN2O4. The Labute approximate surface area is 211 Å². The Hall–Kier alpha value is -2.64. The fourth-order valence-electron chi connectivity index (χ4n) is 5.10. The molecule has 2 fully saturated rings. The molecule has 0 spiro atoms. The van der Waals surface area contributed by atoms with Crippen molar-refractivity contribution >= 4 is 45.6 Å². The third-order valence-electron chi connectivity index (χ3n) is 6.69. The molecule has 1 aliphatic heterocycles. The van der Waals surface area contributed by atoms with Crippen LogP contribution in [0.2, 0.25) is 5.02 Å². The van der Waals surface area contributed by atoms with Crippen LogP contribution in [0.15, 0.2) is 58.1 Å². The topological polar surface area (TPSA) is 68.2 Å². The van der Waals surface area contributed by atoms with Crippen molar-refractivity contribution in [1.29, 1.82) is 0 Å². The van der Waals surface area contributed by atoms with Crippen molar-refractivity contribution in [2.24, 2.45) is 28.8 Å². The maximum atomic E-state index is 13.0. The zero-order chi connectivity index (χ0) is 23.8. The van der Waals surface area contributed by atoms with Crippen molar-refractivity contribution in [2.45, 2.75) is 26.4 Å². The number of hydrogen-bond donors (Lipinski definition) is 0. The van der Waals surface area contributed by atoms with Gasteiger partial charge in [-0.15, -0.1) is 0 Å². The van der Waals surface area contributed by atoms with Crippen LogP contribution in [0.3, 0.4) is 0 Å². The predicted molar refractivity (Wildman–Crippen MR) is 133 cm³/mol. The van der Waals surface area contributed by atoms with E-state index in [0.717, 1.165) is 23.4 Å². The number of hydrogen-bond acceptors (Lipinski definition) is 5. The zero-order valence-electron chi connectivity index (χ0n) is 18.6. The Bertz CT molecular complexity index is 1150. The van der Waals surface area contributed by atoms with E-state index in [4.69, 9.17) is 21.1 Å². The number of nitrogens with zero attached hydrogens (tertiary/aromatic N) is 2. The van der Waals surface area contributed by atoms with Crippen LogP contribution in [0.5, 0.6) is 11.5 Å². The van der Waals surface area contributed by atoms with Gasteiger partial charge in [0.05, 0.1) is 29.1 Å². The largest absolute Gasteiger partial charge is 0.490 e. The summed E-state index contributed by atoms with van der Waals surface area (Å²) in [6.45, 7) is 2.69. The summed E-state index contributed by atoms with van der Waals surface area (Å²) in [5.74, 6) is 0.447. The fourth-order valence-corrected chi connectivity index (χ4v) is 5.80. The maximum absolute atomic E-state index is 13.0. The molecule has 6 rings (SSSR count). The molecule has 2 aromatic carbocycles. The first-order valence-corrected chi connectivity index (χ1v) is 12.6. The second kappa shape index (κ2) is 9.55. The van der Waals surface area contributed by atoms with E-state index in [1.54, 1.807) is 6.07 Å². The minimum absolute atomic E-state index is 0.141. The first-order chi connectivity index (χ1) is 16.5. The Kier molecular flexibility index (Phi) is 6.49. The molecule has 4 atom stereocenters. The van der Waals surface area contributed by atoms with Crippen LogP contribution in [-0.4, -0.2) is 29.6 Å². The predicted octanol–water partition coefficient (Wildman–Crippen LogP) is 5.61. The molecule has 6 nitrogen and oxygen atoms in total. The van der Waals surface area contributed by atoms with E-state index in [-0.39, 0.29) is 35.5 Å². The highest BCUT2D eigenvalue weighted by molar-refractivity contribution is 9.10. The molecule has 0 N–H and O–H groups in total. The molecular weight excluding hydrogens is 520 g/mol. The Morgan fingerprint density at radius 3 is 2.29 bits per heavy atom. The standard InChI is InChI=1S/C26H24BrClN2O4/c1-2-33-21-12-16(11-20(27)24(21)34-14-15-3-9-19(28)10-4-15)13-29-30-25(31)22-17-5-6-18(8-7-17)23(22)26(30)32/h3-6,9-13,17-18,22-23H,2,7-8,14H2,1H3/b29-13+. The number of ether oxygens (including phenoxy) is 2. The van der Waals surface area contributed by atoms with Crippen molar-refractivity contribution in [3.63, 3.8) is 0 Å². The van der Waals surface area contributed by atoms with E-state index >= 15 is 0 Å². The highest BCUT2D eigenvalue weighted by Crippen LogP contribution is 2.49. The van der Waals surface area contributed by atoms with Gasteiger partial charge in [-0.2, -0.15) is 10.1 Å². The van der Waals surface area contributed by atoms with Crippen LogP contribution in [0, 0.1) is 23.7 Å². The van der Waals surface area contributed by atoms with Crippen molar-refractivity contribution in [3.05, 3.63) is 69.2 Å². The van der Waals surface area contributed by atoms with Crippen molar-refractivity contribution < 1.29 is 19.1 Å². The average Bonchev–Trinajstić information content (AvgIpc) is 3.11. The number of carbonyl (C=O) groups is 2. The third kappa shape index (κ3) is 4.27. The second-order valence-corrected chi connectivity index (χ2v) is 10.0. The van der Waals surface area contributed by atoms with Crippen LogP contribution in [0.4, 0.5) is 0 Å². The van der Waals surface area contributed by atoms with Crippen molar-refractivity contribution in [3.8, 4) is 11.5 Å². The average molecular weight is 544 g/mol. The lowest BCUT2D eigenvalue weighted by atomic mass is 9.63. The lowest BCUT2D eigenvalue weighted by Gasteiger charge is -2.37. The molecule has 3 aliphatic carbocycles. The Balaban J connectivity index is 1.35. The molecule has 0 radical (unpaired) electrons. The lowest BCUT2D eigenvalue weighted by molar-refractivity contribution is -0.140. The monoisotopic (exact) mass is 542 g/mol. The minimum atomic E-state index is -0.275. The Morgan fingerprint density at radius 1 is 1.06 bits per heavy atom. The van der Waals surface area contributed by atoms with Gasteiger partial charge >= 0.3 is 0 Å². The van der Waals surface area contributed by atoms with Gasteiger partial charge in [0.25, 0.3) is 11.8 Å². The summed E-state index contributed by atoms with van der Waals surface area (Å²) in [5, 5.41) is 6.03. The summed E-state index contributed by atoms with van der Waals surface area (Å²) in [4.78, 5) is 26.0. The van der Waals surface area contributed by atoms with Gasteiger partial charge in [0.2, 0.25) is 0 Å². The molecule has 2 aromatic rings. The molecule has 176 valence electrons. The number of allylic oxidation sites excluding steroid dienone is 2. The van der Waals surface area contributed by atoms with Gasteiger partial charge in [-0.05, 0) is 82.9 Å². The summed E-state index contributed by atoms with van der Waals surface area (Å²) >= 11 is 9.52. The van der Waals surface area contributed by atoms with Gasteiger partial charge in [-0.25, -0.2) is 0 Å². The highest BCUT2D eigenvalue weighted by atomic mass is 79.9. The van der Waals surface area contributed by atoms with Gasteiger partial charge in [0.1, 0.15) is 6.61 Å². The Morgan fingerprint density at radius 2 is 1.71 bits per heavy atom. The van der Waals surface area contributed by atoms with E-state index in [1.165, 1.54) is 6.21 Å². The summed E-state index contributed by atoms with van der Waals surface area (Å²) in [6.07, 6.45) is 7.64. The number of benzene rings is 2. The zero-order valence-corrected chi connectivity index (χ0v) is 21.0. The lowest BCUT2D eigenvalue weighted by Crippen LogP contribution is -2.38. The molecule has 2 bridgehead atoms. The van der Waals surface area contributed by atoms with E-state index < -0.39 is 0 Å². The van der Waals surface area contributed by atoms with Gasteiger partial charge in [-0.3, -0.25) is 9.59 Å². The summed E-state index contributed by atoms with van der Waals surface area (Å²) in [6, 6.07) is 11.1. The molecule has 1 saturated heterocycles. The SMILES string of the molecule is CCOc1cc(/C=N/N2C(=O)C3C4C=CC(CC4)C3C2=O)cc(Br)c1OCc1ccc(Cl)cc1. The summed E-state index contributed by atoms with van der Waals surface area (Å²) in [5.41, 5.74) is 1.66. The van der Waals surface area contributed by atoms with Crippen molar-refractivity contribution in [1.82, 2.24) is 5.01 Å². The maximum Gasteiger partial charge on any atom is 0.254 e. The molecule has 34 heavy (non-hydrogen) atoms. The number of halogens is 2. The molecule has 0 aromatic heterocycles. The molecule has 2 amide bonds. The van der Waals surface area contributed by atoms with Gasteiger partial charge < -0.3 is 9.47 Å². The van der Waals surface area contributed by atoms with E-state index in [9.17, 15) is 9.59 Å². The van der Waals surface area contributed by atoms with E-state index in [0.29, 0.717) is 39.8 Å². The molecule has 4 unspecified atom stereocenters. The number of fused-ring (bicyclic) bond motifs is 1. The van der Waals surface area contributed by atoms with Crippen LogP contribution in [-0.2, 0) is 16.2 Å². The molecule has 8 heteroatoms. The number of hydrazone groups is 1. The van der Waals surface area contributed by atoms with Crippen LogP contribution in [0.1, 0.15) is 30.9 Å². The quantitative estimate of drug-likeness (QED) is 0.259. The third-order valence-corrected chi connectivity index (χ3v) is 7.53. The first kappa shape index (κ1) is 23.1. The highest BCUT2D eigenvalue weighted by Gasteiger charge is 2.56. The number of rotatable bonds is 7.